The highest BCUT2D eigenvalue weighted by atomic mass is 16.6. The van der Waals surface area contributed by atoms with Crippen molar-refractivity contribution in [2.75, 3.05) is 11.9 Å². The van der Waals surface area contributed by atoms with Gasteiger partial charge in [0.15, 0.2) is 12.1 Å². The number of esters is 1. The van der Waals surface area contributed by atoms with Gasteiger partial charge in [-0.25, -0.2) is 9.78 Å². The number of hydrogen-bond donors (Lipinski definition) is 2. The molecule has 1 aromatic carbocycles. The molecule has 2 aliphatic rings. The number of carbonyl (C=O) groups is 2. The Bertz CT molecular complexity index is 1400. The van der Waals surface area contributed by atoms with Crippen molar-refractivity contribution in [3.8, 4) is 0 Å². The van der Waals surface area contributed by atoms with Crippen molar-refractivity contribution >= 4 is 23.7 Å². The van der Waals surface area contributed by atoms with Gasteiger partial charge in [0.2, 0.25) is 0 Å². The van der Waals surface area contributed by atoms with E-state index < -0.39 is 24.0 Å². The Hall–Kier alpha value is -4.28. The molecule has 1 unspecified atom stereocenters. The number of carbonyl (C=O) groups excluding carboxylic acids is 2. The van der Waals surface area contributed by atoms with Crippen LogP contribution < -0.4 is 10.6 Å². The number of imidazole rings is 1. The molecule has 3 heterocycles. The largest absolute Gasteiger partial charge is 0.467 e. The maximum Gasteiger partial charge on any atom is 0.413 e. The smallest absolute Gasteiger partial charge is 0.413 e. The number of aromatic nitrogens is 2. The van der Waals surface area contributed by atoms with Crippen LogP contribution >= 0.6 is 0 Å². The molecule has 2 N–H and O–H groups in total. The molecule has 1 aliphatic heterocycles. The first-order valence-electron chi connectivity index (χ1n) is 15.1. The molecule has 5 rings (SSSR count). The van der Waals surface area contributed by atoms with Crippen molar-refractivity contribution in [3.63, 3.8) is 0 Å². The first-order valence-corrected chi connectivity index (χ1v) is 15.1. The highest BCUT2D eigenvalue weighted by Crippen LogP contribution is 2.33. The van der Waals surface area contributed by atoms with Gasteiger partial charge in [0.25, 0.3) is 0 Å². The standard InChI is InChI=1S/C32H42N6O5/c1-5-41-26(39)20-37-21-34-27-28(33-18-25-12-9-17-42-25)35-30(36-29(27)37)38(31(40)43-32(2,3)4)19-22-13-15-24(16-14-22)23-10-7-6-8-11-23/h9,12-17,21,23,30,36H,5-8,10-11,18-20H2,1-4H3,(H,33,35). The lowest BCUT2D eigenvalue weighted by Gasteiger charge is -2.37. The molecular formula is C32H42N6O5. The number of amides is 1. The number of amidine groups is 1. The van der Waals surface area contributed by atoms with Crippen LogP contribution in [0.3, 0.4) is 0 Å². The second-order valence-electron chi connectivity index (χ2n) is 12.0. The van der Waals surface area contributed by atoms with Crippen LogP contribution in [0.15, 0.2) is 58.4 Å². The van der Waals surface area contributed by atoms with Crippen molar-refractivity contribution in [1.82, 2.24) is 19.8 Å². The van der Waals surface area contributed by atoms with E-state index in [4.69, 9.17) is 18.9 Å². The summed E-state index contributed by atoms with van der Waals surface area (Å²) in [6.07, 6.45) is 8.20. The zero-order valence-electron chi connectivity index (χ0n) is 25.5. The third-order valence-corrected chi connectivity index (χ3v) is 7.54. The molecule has 0 saturated heterocycles. The van der Waals surface area contributed by atoms with Crippen molar-refractivity contribution in [3.05, 3.63) is 71.6 Å². The van der Waals surface area contributed by atoms with Gasteiger partial charge in [-0.1, -0.05) is 43.5 Å². The number of fused-ring (bicyclic) bond motifs is 1. The summed E-state index contributed by atoms with van der Waals surface area (Å²) < 4.78 is 18.2. The Morgan fingerprint density at radius 3 is 2.56 bits per heavy atom. The van der Waals surface area contributed by atoms with Gasteiger partial charge < -0.3 is 29.1 Å². The Balaban J connectivity index is 1.45. The van der Waals surface area contributed by atoms with Crippen LogP contribution in [0.5, 0.6) is 0 Å². The number of anilines is 1. The minimum Gasteiger partial charge on any atom is -0.467 e. The van der Waals surface area contributed by atoms with Gasteiger partial charge >= 0.3 is 12.1 Å². The summed E-state index contributed by atoms with van der Waals surface area (Å²) in [5.74, 6) is 1.88. The molecule has 11 nitrogen and oxygen atoms in total. The van der Waals surface area contributed by atoms with E-state index in [0.29, 0.717) is 29.0 Å². The summed E-state index contributed by atoms with van der Waals surface area (Å²) in [6.45, 7) is 8.05. The molecule has 0 spiro atoms. The lowest BCUT2D eigenvalue weighted by atomic mass is 9.84. The summed E-state index contributed by atoms with van der Waals surface area (Å²) in [5, 5.41) is 6.71. The Morgan fingerprint density at radius 2 is 1.88 bits per heavy atom. The van der Waals surface area contributed by atoms with Crippen LogP contribution in [0.1, 0.15) is 88.3 Å². The van der Waals surface area contributed by atoms with Crippen LogP contribution in [0.25, 0.3) is 0 Å². The molecular weight excluding hydrogens is 548 g/mol. The molecule has 43 heavy (non-hydrogen) atoms. The Kier molecular flexibility index (Phi) is 9.37. The van der Waals surface area contributed by atoms with Gasteiger partial charge in [-0.2, -0.15) is 0 Å². The third-order valence-electron chi connectivity index (χ3n) is 7.54. The quantitative estimate of drug-likeness (QED) is 0.301. The van der Waals surface area contributed by atoms with E-state index in [2.05, 4.69) is 39.9 Å². The summed E-state index contributed by atoms with van der Waals surface area (Å²) in [5.41, 5.74) is 2.13. The monoisotopic (exact) mass is 590 g/mol. The van der Waals surface area contributed by atoms with Crippen molar-refractivity contribution < 1.29 is 23.5 Å². The molecule has 1 saturated carbocycles. The Labute approximate surface area is 252 Å². The van der Waals surface area contributed by atoms with Crippen LogP contribution in [0.2, 0.25) is 0 Å². The minimum absolute atomic E-state index is 0.0452. The zero-order chi connectivity index (χ0) is 30.4. The lowest BCUT2D eigenvalue weighted by Crippen LogP contribution is -2.58. The van der Waals surface area contributed by atoms with E-state index in [1.165, 1.54) is 37.7 Å². The van der Waals surface area contributed by atoms with Crippen LogP contribution in [-0.4, -0.2) is 50.8 Å². The molecule has 0 bridgehead atoms. The Morgan fingerprint density at radius 1 is 1.12 bits per heavy atom. The van der Waals surface area contributed by atoms with Crippen LogP contribution in [0.4, 0.5) is 10.6 Å². The summed E-state index contributed by atoms with van der Waals surface area (Å²) in [6, 6.07) is 12.2. The number of ether oxygens (including phenoxy) is 2. The zero-order valence-corrected chi connectivity index (χ0v) is 25.5. The number of furan rings is 1. The summed E-state index contributed by atoms with van der Waals surface area (Å²) in [7, 11) is 0. The van der Waals surface area contributed by atoms with Gasteiger partial charge in [0.1, 0.15) is 29.4 Å². The molecule has 2 aromatic heterocycles. The van der Waals surface area contributed by atoms with E-state index in [1.807, 2.05) is 26.8 Å². The predicted molar refractivity (Wildman–Crippen MR) is 162 cm³/mol. The maximum atomic E-state index is 13.7. The molecule has 1 amide bonds. The number of benzene rings is 1. The molecule has 1 fully saturated rings. The van der Waals surface area contributed by atoms with Gasteiger partial charge in [-0.15, -0.1) is 0 Å². The van der Waals surface area contributed by atoms with Gasteiger partial charge in [0.05, 0.1) is 32.3 Å². The van der Waals surface area contributed by atoms with Crippen LogP contribution in [-0.2, 0) is 33.9 Å². The predicted octanol–water partition coefficient (Wildman–Crippen LogP) is 5.77. The van der Waals surface area contributed by atoms with Crippen molar-refractivity contribution in [1.29, 1.82) is 0 Å². The average molecular weight is 591 g/mol. The van der Waals surface area contributed by atoms with Gasteiger partial charge in [-0.3, -0.25) is 14.7 Å². The first-order chi connectivity index (χ1) is 20.7. The maximum absolute atomic E-state index is 13.7. The van der Waals surface area contributed by atoms with Crippen molar-refractivity contribution in [2.45, 2.75) is 97.2 Å². The summed E-state index contributed by atoms with van der Waals surface area (Å²) in [4.78, 5) is 36.9. The normalized spacial score (nSPS) is 18.0. The van der Waals surface area contributed by atoms with E-state index in [9.17, 15) is 9.59 Å². The molecule has 1 aliphatic carbocycles. The van der Waals surface area contributed by atoms with E-state index in [0.717, 1.165) is 5.56 Å². The molecule has 0 radical (unpaired) electrons. The highest BCUT2D eigenvalue weighted by molar-refractivity contribution is 6.03. The topological polar surface area (TPSA) is 123 Å². The van der Waals surface area contributed by atoms with E-state index in [-0.39, 0.29) is 26.2 Å². The van der Waals surface area contributed by atoms with Crippen molar-refractivity contribution in [2.24, 2.45) is 4.99 Å². The highest BCUT2D eigenvalue weighted by Gasteiger charge is 2.35. The van der Waals surface area contributed by atoms with E-state index in [1.54, 1.807) is 35.0 Å². The second kappa shape index (κ2) is 13.4. The first kappa shape index (κ1) is 30.2. The number of aliphatic imine (C=N–C) groups is 1. The number of nitrogens with zero attached hydrogens (tertiary/aromatic N) is 4. The molecule has 1 atom stereocenters. The fraction of sp³-hybridized carbons (Fsp3) is 0.500. The van der Waals surface area contributed by atoms with Crippen LogP contribution in [0, 0.1) is 0 Å². The third kappa shape index (κ3) is 7.77. The minimum atomic E-state index is -0.756. The van der Waals surface area contributed by atoms with E-state index >= 15 is 0 Å². The number of hydrogen-bond acceptors (Lipinski definition) is 8. The van der Waals surface area contributed by atoms with Gasteiger partial charge in [0, 0.05) is 0 Å². The van der Waals surface area contributed by atoms with Gasteiger partial charge in [-0.05, 0) is 69.7 Å². The SMILES string of the molecule is CCOC(=O)Cn1cnc2c1NC(N(Cc1ccc(C3CCCCC3)cc1)C(=O)OC(C)(C)C)NC2=NCc1ccco1. The second-order valence-corrected chi connectivity index (χ2v) is 12.0. The lowest BCUT2D eigenvalue weighted by molar-refractivity contribution is -0.143. The molecule has 230 valence electrons. The fourth-order valence-corrected chi connectivity index (χ4v) is 5.48. The number of rotatable bonds is 9. The molecule has 3 aromatic rings. The summed E-state index contributed by atoms with van der Waals surface area (Å²) >= 11 is 0. The average Bonchev–Trinajstić information content (AvgIpc) is 3.65. The fourth-order valence-electron chi connectivity index (χ4n) is 5.48. The number of nitrogens with one attached hydrogen (secondary N) is 2. The molecule has 11 heteroatoms.